The zero-order valence-corrected chi connectivity index (χ0v) is 12.6. The maximum atomic E-state index is 12.3. The molecule has 1 aliphatic heterocycles. The molecule has 4 nitrogen and oxygen atoms in total. The fourth-order valence-electron chi connectivity index (χ4n) is 1.79. The molecule has 104 valence electrons. The third-order valence-corrected chi connectivity index (χ3v) is 4.68. The van der Waals surface area contributed by atoms with Gasteiger partial charge in [-0.05, 0) is 50.1 Å². The standard InChI is InChI=1S/C13H16ClNO3S/c1-9-4-5-11(14)6-10(9)8-19(16,17)12-7-13(2,3)18-15-12/h4-7,15H,8H2,1-3H3. The molecule has 0 aliphatic carbocycles. The van der Waals surface area contributed by atoms with Gasteiger partial charge in [-0.3, -0.25) is 10.3 Å². The van der Waals surface area contributed by atoms with Crippen LogP contribution >= 0.6 is 11.6 Å². The van der Waals surface area contributed by atoms with Gasteiger partial charge in [-0.2, -0.15) is 0 Å². The summed E-state index contributed by atoms with van der Waals surface area (Å²) < 4.78 is 24.6. The van der Waals surface area contributed by atoms with E-state index in [-0.39, 0.29) is 10.8 Å². The lowest BCUT2D eigenvalue weighted by atomic mass is 10.1. The Labute approximate surface area is 118 Å². The molecule has 0 amide bonds. The van der Waals surface area contributed by atoms with E-state index in [4.69, 9.17) is 16.4 Å². The van der Waals surface area contributed by atoms with Gasteiger partial charge in [0.15, 0.2) is 14.9 Å². The van der Waals surface area contributed by atoms with Crippen LogP contribution in [0.3, 0.4) is 0 Å². The average molecular weight is 302 g/mol. The van der Waals surface area contributed by atoms with Crippen molar-refractivity contribution in [2.45, 2.75) is 32.1 Å². The van der Waals surface area contributed by atoms with Crippen LogP contribution in [0.5, 0.6) is 0 Å². The summed E-state index contributed by atoms with van der Waals surface area (Å²) >= 11 is 5.90. The van der Waals surface area contributed by atoms with Gasteiger partial charge in [0.05, 0.1) is 5.75 Å². The highest BCUT2D eigenvalue weighted by molar-refractivity contribution is 7.94. The zero-order chi connectivity index (χ0) is 14.3. The minimum atomic E-state index is -3.46. The van der Waals surface area contributed by atoms with Crippen molar-refractivity contribution in [3.63, 3.8) is 0 Å². The van der Waals surface area contributed by atoms with Gasteiger partial charge in [-0.1, -0.05) is 17.7 Å². The Morgan fingerprint density at radius 3 is 2.63 bits per heavy atom. The predicted molar refractivity (Wildman–Crippen MR) is 75.2 cm³/mol. The Hall–Kier alpha value is -1.04. The summed E-state index contributed by atoms with van der Waals surface area (Å²) in [5, 5.41) is 0.637. The lowest BCUT2D eigenvalue weighted by molar-refractivity contribution is -0.0129. The maximum absolute atomic E-state index is 12.3. The molecule has 0 unspecified atom stereocenters. The highest BCUT2D eigenvalue weighted by atomic mass is 35.5. The molecule has 1 heterocycles. The molecule has 1 aromatic rings. The van der Waals surface area contributed by atoms with Crippen LogP contribution in [0.1, 0.15) is 25.0 Å². The molecule has 0 saturated heterocycles. The van der Waals surface area contributed by atoms with Gasteiger partial charge in [0.25, 0.3) is 0 Å². The fourth-order valence-corrected chi connectivity index (χ4v) is 3.49. The van der Waals surface area contributed by atoms with Crippen molar-refractivity contribution in [1.82, 2.24) is 5.48 Å². The number of benzene rings is 1. The first kappa shape index (κ1) is 14.4. The van der Waals surface area contributed by atoms with E-state index < -0.39 is 15.4 Å². The van der Waals surface area contributed by atoms with E-state index in [2.05, 4.69) is 5.48 Å². The number of nitrogens with one attached hydrogen (secondary N) is 1. The molecular formula is C13H16ClNO3S. The Balaban J connectivity index is 2.30. The SMILES string of the molecule is Cc1ccc(Cl)cc1CS(=O)(=O)C1=CC(C)(C)ON1. The van der Waals surface area contributed by atoms with Crippen molar-refractivity contribution in [3.05, 3.63) is 45.5 Å². The molecule has 0 saturated carbocycles. The minimum Gasteiger partial charge on any atom is -0.265 e. The average Bonchev–Trinajstić information content (AvgIpc) is 2.65. The Kier molecular flexibility index (Phi) is 3.64. The van der Waals surface area contributed by atoms with E-state index in [1.807, 2.05) is 13.0 Å². The quantitative estimate of drug-likeness (QED) is 0.932. The number of hydrogen-bond donors (Lipinski definition) is 1. The van der Waals surface area contributed by atoms with Crippen molar-refractivity contribution in [3.8, 4) is 0 Å². The van der Waals surface area contributed by atoms with Gasteiger partial charge in [0.2, 0.25) is 0 Å². The van der Waals surface area contributed by atoms with Gasteiger partial charge >= 0.3 is 0 Å². The van der Waals surface area contributed by atoms with Gasteiger partial charge in [-0.15, -0.1) is 0 Å². The largest absolute Gasteiger partial charge is 0.265 e. The molecule has 1 aliphatic rings. The lowest BCUT2D eigenvalue weighted by Gasteiger charge is -2.11. The van der Waals surface area contributed by atoms with E-state index >= 15 is 0 Å². The first-order valence-electron chi connectivity index (χ1n) is 5.84. The van der Waals surface area contributed by atoms with Crippen LogP contribution in [0.25, 0.3) is 0 Å². The molecule has 0 spiro atoms. The highest BCUT2D eigenvalue weighted by Gasteiger charge is 2.31. The summed E-state index contributed by atoms with van der Waals surface area (Å²) in [6, 6.07) is 5.23. The van der Waals surface area contributed by atoms with Crippen molar-refractivity contribution in [2.75, 3.05) is 0 Å². The Morgan fingerprint density at radius 2 is 2.05 bits per heavy atom. The third kappa shape index (κ3) is 3.29. The fraction of sp³-hybridized carbons (Fsp3) is 0.385. The second kappa shape index (κ2) is 4.81. The molecule has 1 N–H and O–H groups in total. The van der Waals surface area contributed by atoms with Crippen LogP contribution in [0, 0.1) is 6.92 Å². The van der Waals surface area contributed by atoms with E-state index in [0.29, 0.717) is 10.6 Å². The van der Waals surface area contributed by atoms with Crippen LogP contribution < -0.4 is 5.48 Å². The molecular weight excluding hydrogens is 286 g/mol. The van der Waals surface area contributed by atoms with Crippen molar-refractivity contribution in [1.29, 1.82) is 0 Å². The van der Waals surface area contributed by atoms with Crippen LogP contribution in [-0.4, -0.2) is 14.0 Å². The van der Waals surface area contributed by atoms with Gasteiger partial charge in [-0.25, -0.2) is 8.42 Å². The Morgan fingerprint density at radius 1 is 1.37 bits per heavy atom. The number of halogens is 1. The number of aryl methyl sites for hydroxylation is 1. The highest BCUT2D eigenvalue weighted by Crippen LogP contribution is 2.25. The molecule has 0 radical (unpaired) electrons. The molecule has 1 aromatic carbocycles. The van der Waals surface area contributed by atoms with Crippen molar-refractivity contribution >= 4 is 21.4 Å². The molecule has 6 heteroatoms. The number of sulfone groups is 1. The summed E-state index contributed by atoms with van der Waals surface area (Å²) in [5.41, 5.74) is 3.45. The Bertz CT molecular complexity index is 635. The number of rotatable bonds is 3. The smallest absolute Gasteiger partial charge is 0.199 e. The molecule has 0 bridgehead atoms. The van der Waals surface area contributed by atoms with Gasteiger partial charge < -0.3 is 0 Å². The van der Waals surface area contributed by atoms with E-state index in [1.165, 1.54) is 0 Å². The topological polar surface area (TPSA) is 55.4 Å². The third-order valence-electron chi connectivity index (χ3n) is 2.89. The molecule has 19 heavy (non-hydrogen) atoms. The summed E-state index contributed by atoms with van der Waals surface area (Å²) in [6.45, 7) is 5.43. The normalized spacial score (nSPS) is 18.0. The lowest BCUT2D eigenvalue weighted by Crippen LogP contribution is -2.22. The van der Waals surface area contributed by atoms with Gasteiger partial charge in [0.1, 0.15) is 5.60 Å². The molecule has 0 fully saturated rings. The summed E-state index contributed by atoms with van der Waals surface area (Å²) in [4.78, 5) is 5.18. The van der Waals surface area contributed by atoms with Crippen molar-refractivity contribution in [2.24, 2.45) is 0 Å². The first-order chi connectivity index (χ1) is 8.70. The second-order valence-electron chi connectivity index (χ2n) is 5.15. The maximum Gasteiger partial charge on any atom is 0.199 e. The van der Waals surface area contributed by atoms with Crippen LogP contribution in [0.15, 0.2) is 29.3 Å². The number of hydrogen-bond acceptors (Lipinski definition) is 4. The van der Waals surface area contributed by atoms with Crippen LogP contribution in [0.4, 0.5) is 0 Å². The zero-order valence-electron chi connectivity index (χ0n) is 11.0. The van der Waals surface area contributed by atoms with Gasteiger partial charge in [0, 0.05) is 5.02 Å². The van der Waals surface area contributed by atoms with Crippen molar-refractivity contribution < 1.29 is 13.3 Å². The number of hydroxylamine groups is 1. The van der Waals surface area contributed by atoms with E-state index in [9.17, 15) is 8.42 Å². The second-order valence-corrected chi connectivity index (χ2v) is 7.54. The summed E-state index contributed by atoms with van der Waals surface area (Å²) in [5.74, 6) is -0.0995. The molecule has 2 rings (SSSR count). The predicted octanol–water partition coefficient (Wildman–Crippen LogP) is 2.72. The van der Waals surface area contributed by atoms with Crippen LogP contribution in [0.2, 0.25) is 5.02 Å². The monoisotopic (exact) mass is 301 g/mol. The molecule has 0 atom stereocenters. The van der Waals surface area contributed by atoms with E-state index in [1.54, 1.807) is 32.1 Å². The van der Waals surface area contributed by atoms with Crippen LogP contribution in [-0.2, 0) is 20.4 Å². The minimum absolute atomic E-state index is 0.0995. The molecule has 0 aromatic heterocycles. The van der Waals surface area contributed by atoms with E-state index in [0.717, 1.165) is 5.56 Å². The summed E-state index contributed by atoms with van der Waals surface area (Å²) in [6.07, 6.45) is 1.57. The first-order valence-corrected chi connectivity index (χ1v) is 7.87. The summed E-state index contributed by atoms with van der Waals surface area (Å²) in [7, 11) is -3.46.